The third kappa shape index (κ3) is 8.34. The van der Waals surface area contributed by atoms with E-state index >= 15 is 0 Å². The van der Waals surface area contributed by atoms with Crippen LogP contribution in [0, 0.1) is 5.92 Å². The minimum atomic E-state index is -3.10. The van der Waals surface area contributed by atoms with E-state index in [0.29, 0.717) is 12.5 Å². The number of carbonyl (C=O) groups is 1. The highest BCUT2D eigenvalue weighted by Gasteiger charge is 2.20. The summed E-state index contributed by atoms with van der Waals surface area (Å²) in [6.07, 6.45) is 1.28. The maximum atomic E-state index is 12.0. The van der Waals surface area contributed by atoms with E-state index in [2.05, 4.69) is 19.2 Å². The number of carbonyl (C=O) groups excluding carboxylic acids is 1. The van der Waals surface area contributed by atoms with Crippen LogP contribution in [0.3, 0.4) is 0 Å². The Morgan fingerprint density at radius 1 is 1.22 bits per heavy atom. The van der Waals surface area contributed by atoms with E-state index in [9.17, 15) is 13.2 Å². The molecule has 0 radical (unpaired) electrons. The number of nitrogens with two attached hydrogens (primary N) is 1. The molecule has 1 aromatic rings. The van der Waals surface area contributed by atoms with Crippen LogP contribution in [-0.4, -0.2) is 38.9 Å². The molecule has 0 aromatic heterocycles. The fraction of sp³-hybridized carbons (Fsp3) is 0.562. The highest BCUT2D eigenvalue weighted by molar-refractivity contribution is 7.90. The van der Waals surface area contributed by atoms with Gasteiger partial charge in [-0.15, -0.1) is 12.4 Å². The van der Waals surface area contributed by atoms with Crippen molar-refractivity contribution in [2.75, 3.05) is 18.6 Å². The molecule has 0 bridgehead atoms. The van der Waals surface area contributed by atoms with E-state index in [0.717, 1.165) is 6.26 Å². The highest BCUT2D eigenvalue weighted by Crippen LogP contribution is 2.23. The van der Waals surface area contributed by atoms with E-state index in [1.54, 1.807) is 0 Å². The van der Waals surface area contributed by atoms with Gasteiger partial charge in [0.1, 0.15) is 9.84 Å². The van der Waals surface area contributed by atoms with Crippen molar-refractivity contribution < 1.29 is 13.2 Å². The predicted octanol–water partition coefficient (Wildman–Crippen LogP) is 1.73. The number of hydrogen-bond acceptors (Lipinski definition) is 4. The van der Waals surface area contributed by atoms with Gasteiger partial charge in [0.2, 0.25) is 5.91 Å². The Kier molecular flexibility index (Phi) is 9.42. The first-order valence-corrected chi connectivity index (χ1v) is 9.52. The maximum Gasteiger partial charge on any atom is 0.236 e. The molecule has 0 saturated carbocycles. The van der Waals surface area contributed by atoms with Gasteiger partial charge in [0.25, 0.3) is 0 Å². The summed E-state index contributed by atoms with van der Waals surface area (Å²) in [6.45, 7) is 4.70. The number of halogens is 1. The second-order valence-corrected chi connectivity index (χ2v) is 8.29. The van der Waals surface area contributed by atoms with Gasteiger partial charge in [-0.2, -0.15) is 0 Å². The lowest BCUT2D eigenvalue weighted by Gasteiger charge is -2.23. The number of nitrogens with one attached hydrogen (secondary N) is 1. The maximum absolute atomic E-state index is 12.0. The van der Waals surface area contributed by atoms with E-state index in [-0.39, 0.29) is 36.4 Å². The molecule has 1 rings (SSSR count). The minimum absolute atomic E-state index is 0. The van der Waals surface area contributed by atoms with Crippen LogP contribution in [0.25, 0.3) is 0 Å². The van der Waals surface area contributed by atoms with E-state index in [1.807, 2.05) is 30.3 Å². The van der Waals surface area contributed by atoms with Crippen LogP contribution in [0.2, 0.25) is 0 Å². The Bertz CT molecular complexity index is 576. The monoisotopic (exact) mass is 362 g/mol. The molecule has 3 N–H and O–H groups in total. The lowest BCUT2D eigenvalue weighted by atomic mass is 9.88. The van der Waals surface area contributed by atoms with Crippen LogP contribution in [0.4, 0.5) is 0 Å². The van der Waals surface area contributed by atoms with Crippen molar-refractivity contribution in [2.24, 2.45) is 11.7 Å². The van der Waals surface area contributed by atoms with Crippen molar-refractivity contribution in [1.82, 2.24) is 5.32 Å². The number of hydrogen-bond donors (Lipinski definition) is 2. The Morgan fingerprint density at radius 2 is 1.78 bits per heavy atom. The average molecular weight is 363 g/mol. The largest absolute Gasteiger partial charge is 0.354 e. The molecule has 1 aromatic carbocycles. The number of rotatable bonds is 8. The molecule has 1 amide bonds. The first-order valence-electron chi connectivity index (χ1n) is 7.46. The Morgan fingerprint density at radius 3 is 2.26 bits per heavy atom. The average Bonchev–Trinajstić information content (AvgIpc) is 2.44. The normalized spacial score (nSPS) is 14.0. The fourth-order valence-corrected chi connectivity index (χ4v) is 2.93. The predicted molar refractivity (Wildman–Crippen MR) is 96.6 cm³/mol. The Hall–Kier alpha value is -1.11. The van der Waals surface area contributed by atoms with Crippen molar-refractivity contribution >= 4 is 28.2 Å². The second kappa shape index (κ2) is 9.90. The molecule has 0 aliphatic carbocycles. The second-order valence-electron chi connectivity index (χ2n) is 6.03. The summed E-state index contributed by atoms with van der Waals surface area (Å²) in [5.74, 6) is 0.195. The summed E-state index contributed by atoms with van der Waals surface area (Å²) < 4.78 is 22.2. The molecule has 0 aliphatic heterocycles. The van der Waals surface area contributed by atoms with E-state index in [1.165, 1.54) is 5.56 Å². The smallest absolute Gasteiger partial charge is 0.236 e. The van der Waals surface area contributed by atoms with Crippen molar-refractivity contribution in [2.45, 2.75) is 32.2 Å². The third-order valence-electron chi connectivity index (χ3n) is 3.67. The molecule has 0 aliphatic rings. The molecule has 2 unspecified atom stereocenters. The van der Waals surface area contributed by atoms with Crippen molar-refractivity contribution in [3.63, 3.8) is 0 Å². The van der Waals surface area contributed by atoms with Crippen molar-refractivity contribution in [3.05, 3.63) is 35.9 Å². The molecular weight excluding hydrogens is 336 g/mol. The first-order chi connectivity index (χ1) is 10.2. The topological polar surface area (TPSA) is 89.3 Å². The van der Waals surface area contributed by atoms with Gasteiger partial charge in [0.15, 0.2) is 0 Å². The number of sulfone groups is 1. The zero-order chi connectivity index (χ0) is 16.8. The minimum Gasteiger partial charge on any atom is -0.354 e. The van der Waals surface area contributed by atoms with Gasteiger partial charge >= 0.3 is 0 Å². The molecular formula is C16H27ClN2O3S. The fourth-order valence-electron chi connectivity index (χ4n) is 2.25. The molecule has 132 valence electrons. The molecule has 7 heteroatoms. The van der Waals surface area contributed by atoms with Crippen LogP contribution in [0.15, 0.2) is 30.3 Å². The summed E-state index contributed by atoms with van der Waals surface area (Å²) in [7, 11) is -3.10. The van der Waals surface area contributed by atoms with Crippen LogP contribution >= 0.6 is 12.4 Å². The summed E-state index contributed by atoms with van der Waals surface area (Å²) >= 11 is 0. The highest BCUT2D eigenvalue weighted by atomic mass is 35.5. The zero-order valence-corrected chi connectivity index (χ0v) is 15.5. The Balaban J connectivity index is 0.00000484. The van der Waals surface area contributed by atoms with Crippen LogP contribution in [-0.2, 0) is 14.6 Å². The summed E-state index contributed by atoms with van der Waals surface area (Å²) in [4.78, 5) is 12.0. The SMILES string of the molecule is CC(C)C(CNC(=O)C(N)CCS(C)(=O)=O)c1ccccc1.Cl. The standard InChI is InChI=1S/C16H26N2O3S.ClH/c1-12(2)14(13-7-5-4-6-8-13)11-18-16(19)15(17)9-10-22(3,20)21;/h4-8,12,14-15H,9-11,17H2,1-3H3,(H,18,19);1H. The summed E-state index contributed by atoms with van der Waals surface area (Å²) in [5, 5.41) is 2.84. The number of amides is 1. The van der Waals surface area contributed by atoms with Crippen molar-refractivity contribution in [3.8, 4) is 0 Å². The van der Waals surface area contributed by atoms with Gasteiger partial charge in [-0.05, 0) is 17.9 Å². The Labute approximate surface area is 145 Å². The first kappa shape index (κ1) is 21.9. The van der Waals surface area contributed by atoms with Gasteiger partial charge in [-0.1, -0.05) is 44.2 Å². The molecule has 0 fully saturated rings. The van der Waals surface area contributed by atoms with Gasteiger partial charge in [0, 0.05) is 18.7 Å². The lowest BCUT2D eigenvalue weighted by Crippen LogP contribution is -2.43. The van der Waals surface area contributed by atoms with Gasteiger partial charge < -0.3 is 11.1 Å². The third-order valence-corrected chi connectivity index (χ3v) is 4.64. The van der Waals surface area contributed by atoms with E-state index in [4.69, 9.17) is 5.73 Å². The van der Waals surface area contributed by atoms with Crippen molar-refractivity contribution in [1.29, 1.82) is 0 Å². The zero-order valence-electron chi connectivity index (χ0n) is 13.9. The van der Waals surface area contributed by atoms with Gasteiger partial charge in [0.05, 0.1) is 11.8 Å². The van der Waals surface area contributed by atoms with Gasteiger partial charge in [-0.3, -0.25) is 4.79 Å². The molecule has 0 saturated heterocycles. The molecule has 0 spiro atoms. The lowest BCUT2D eigenvalue weighted by molar-refractivity contribution is -0.122. The van der Waals surface area contributed by atoms with Crippen LogP contribution in [0.5, 0.6) is 0 Å². The summed E-state index contributed by atoms with van der Waals surface area (Å²) in [5.41, 5.74) is 6.92. The van der Waals surface area contributed by atoms with E-state index < -0.39 is 15.9 Å². The molecule has 5 nitrogen and oxygen atoms in total. The molecule has 2 atom stereocenters. The van der Waals surface area contributed by atoms with Crippen LogP contribution in [0.1, 0.15) is 31.7 Å². The molecule has 23 heavy (non-hydrogen) atoms. The van der Waals surface area contributed by atoms with Crippen LogP contribution < -0.4 is 11.1 Å². The van der Waals surface area contributed by atoms with Gasteiger partial charge in [-0.25, -0.2) is 8.42 Å². The number of benzene rings is 1. The quantitative estimate of drug-likeness (QED) is 0.736. The molecule has 0 heterocycles. The summed E-state index contributed by atoms with van der Waals surface area (Å²) in [6, 6.07) is 9.20.